The van der Waals surface area contributed by atoms with E-state index in [9.17, 15) is 0 Å². The molecule has 0 spiro atoms. The highest BCUT2D eigenvalue weighted by molar-refractivity contribution is 7.80. The Morgan fingerprint density at radius 3 is 2.41 bits per heavy atom. The van der Waals surface area contributed by atoms with Gasteiger partial charge in [0.15, 0.2) is 0 Å². The van der Waals surface area contributed by atoms with Gasteiger partial charge >= 0.3 is 0 Å². The molecule has 2 aromatic rings. The number of ether oxygens (including phenoxy) is 1. The van der Waals surface area contributed by atoms with E-state index in [-0.39, 0.29) is 6.61 Å². The van der Waals surface area contributed by atoms with Gasteiger partial charge in [-0.25, -0.2) is 0 Å². The number of hydrogen-bond acceptors (Lipinski definition) is 3. The second-order valence-corrected chi connectivity index (χ2v) is 4.36. The zero-order valence-corrected chi connectivity index (χ0v) is 10.4. The molecule has 17 heavy (non-hydrogen) atoms. The molecular formula is C14H14O2S. The molecule has 0 amide bonds. The van der Waals surface area contributed by atoms with Gasteiger partial charge in [-0.1, -0.05) is 18.2 Å². The molecule has 2 aromatic carbocycles. The zero-order chi connectivity index (χ0) is 12.3. The molecule has 0 aromatic heterocycles. The maximum absolute atomic E-state index is 8.94. The summed E-state index contributed by atoms with van der Waals surface area (Å²) >= 11 is 4.37. The molecule has 0 saturated heterocycles. The summed E-state index contributed by atoms with van der Waals surface area (Å²) in [4.78, 5) is 0.816. The topological polar surface area (TPSA) is 29.5 Å². The van der Waals surface area contributed by atoms with Gasteiger partial charge in [0.05, 0.1) is 6.61 Å². The zero-order valence-electron chi connectivity index (χ0n) is 9.55. The van der Waals surface area contributed by atoms with Crippen molar-refractivity contribution < 1.29 is 9.84 Å². The largest absolute Gasteiger partial charge is 0.456 e. The summed E-state index contributed by atoms with van der Waals surface area (Å²) in [6.07, 6.45) is 0. The van der Waals surface area contributed by atoms with E-state index >= 15 is 0 Å². The molecule has 3 heteroatoms. The molecule has 0 atom stereocenters. The van der Waals surface area contributed by atoms with Crippen LogP contribution in [-0.2, 0) is 6.61 Å². The van der Waals surface area contributed by atoms with E-state index in [0.29, 0.717) is 0 Å². The molecule has 88 valence electrons. The third kappa shape index (κ3) is 3.02. The Kier molecular flexibility index (Phi) is 3.71. The van der Waals surface area contributed by atoms with Gasteiger partial charge in [0, 0.05) is 4.90 Å². The average molecular weight is 246 g/mol. The van der Waals surface area contributed by atoms with Gasteiger partial charge in [-0.15, -0.1) is 12.6 Å². The van der Waals surface area contributed by atoms with Crippen LogP contribution in [0.5, 0.6) is 11.5 Å². The van der Waals surface area contributed by atoms with Gasteiger partial charge in [0.1, 0.15) is 11.5 Å². The van der Waals surface area contributed by atoms with Crippen LogP contribution in [-0.4, -0.2) is 5.11 Å². The van der Waals surface area contributed by atoms with Crippen molar-refractivity contribution >= 4 is 12.6 Å². The van der Waals surface area contributed by atoms with Crippen LogP contribution in [0.2, 0.25) is 0 Å². The van der Waals surface area contributed by atoms with Crippen LogP contribution in [0, 0.1) is 6.92 Å². The Labute approximate surface area is 106 Å². The second-order valence-electron chi connectivity index (χ2n) is 3.88. The highest BCUT2D eigenvalue weighted by Gasteiger charge is 2.02. The second kappa shape index (κ2) is 5.25. The number of aliphatic hydroxyl groups excluding tert-OH is 1. The van der Waals surface area contributed by atoms with Crippen molar-refractivity contribution in [3.8, 4) is 11.5 Å². The van der Waals surface area contributed by atoms with Gasteiger partial charge < -0.3 is 9.84 Å². The van der Waals surface area contributed by atoms with Gasteiger partial charge in [0.25, 0.3) is 0 Å². The first-order valence-corrected chi connectivity index (χ1v) is 5.81. The van der Waals surface area contributed by atoms with Gasteiger partial charge in [-0.05, 0) is 42.3 Å². The van der Waals surface area contributed by atoms with Crippen molar-refractivity contribution in [2.75, 3.05) is 0 Å². The predicted molar refractivity (Wildman–Crippen MR) is 70.9 cm³/mol. The summed E-state index contributed by atoms with van der Waals surface area (Å²) in [6.45, 7) is 2.06. The first-order valence-electron chi connectivity index (χ1n) is 5.36. The van der Waals surface area contributed by atoms with E-state index < -0.39 is 0 Å². The van der Waals surface area contributed by atoms with Crippen LogP contribution in [0.4, 0.5) is 0 Å². The van der Waals surface area contributed by atoms with Crippen LogP contribution in [0.15, 0.2) is 47.4 Å². The quantitative estimate of drug-likeness (QED) is 0.811. The fourth-order valence-electron chi connectivity index (χ4n) is 1.50. The fourth-order valence-corrected chi connectivity index (χ4v) is 1.83. The standard InChI is InChI=1S/C14H14O2S/c1-10-2-7-13(14(17)8-10)16-12-5-3-11(9-15)4-6-12/h2-8,15,17H,9H2,1H3. The van der Waals surface area contributed by atoms with E-state index in [1.807, 2.05) is 49.4 Å². The number of aryl methyl sites for hydroxylation is 1. The SMILES string of the molecule is Cc1ccc(Oc2ccc(CO)cc2)c(S)c1. The van der Waals surface area contributed by atoms with E-state index in [1.165, 1.54) is 0 Å². The lowest BCUT2D eigenvalue weighted by atomic mass is 10.2. The first-order chi connectivity index (χ1) is 8.19. The van der Waals surface area contributed by atoms with Crippen molar-refractivity contribution in [3.63, 3.8) is 0 Å². The van der Waals surface area contributed by atoms with Crippen molar-refractivity contribution in [2.24, 2.45) is 0 Å². The van der Waals surface area contributed by atoms with Crippen LogP contribution in [0.25, 0.3) is 0 Å². The van der Waals surface area contributed by atoms with Crippen molar-refractivity contribution in [3.05, 3.63) is 53.6 Å². The third-order valence-corrected chi connectivity index (χ3v) is 2.80. The smallest absolute Gasteiger partial charge is 0.140 e. The Hall–Kier alpha value is -1.45. The van der Waals surface area contributed by atoms with Crippen molar-refractivity contribution in [1.82, 2.24) is 0 Å². The first kappa shape index (κ1) is 12.0. The normalized spacial score (nSPS) is 10.3. The lowest BCUT2D eigenvalue weighted by Gasteiger charge is -2.09. The lowest BCUT2D eigenvalue weighted by molar-refractivity contribution is 0.281. The van der Waals surface area contributed by atoms with E-state index in [1.54, 1.807) is 0 Å². The molecule has 0 aliphatic rings. The van der Waals surface area contributed by atoms with Gasteiger partial charge in [-0.2, -0.15) is 0 Å². The Morgan fingerprint density at radius 1 is 1.12 bits per heavy atom. The molecule has 2 nitrogen and oxygen atoms in total. The van der Waals surface area contributed by atoms with Gasteiger partial charge in [-0.3, -0.25) is 0 Å². The number of rotatable bonds is 3. The summed E-state index contributed by atoms with van der Waals surface area (Å²) in [5, 5.41) is 8.94. The molecule has 0 aliphatic heterocycles. The minimum absolute atomic E-state index is 0.0443. The van der Waals surface area contributed by atoms with Crippen LogP contribution < -0.4 is 4.74 Å². The van der Waals surface area contributed by atoms with Crippen LogP contribution >= 0.6 is 12.6 Å². The maximum atomic E-state index is 8.94. The minimum Gasteiger partial charge on any atom is -0.456 e. The summed E-state index contributed by atoms with van der Waals surface area (Å²) in [6, 6.07) is 13.2. The molecular weight excluding hydrogens is 232 g/mol. The Balaban J connectivity index is 2.19. The molecule has 0 bridgehead atoms. The van der Waals surface area contributed by atoms with E-state index in [4.69, 9.17) is 9.84 Å². The number of thiol groups is 1. The Morgan fingerprint density at radius 2 is 1.82 bits per heavy atom. The molecule has 2 rings (SSSR count). The summed E-state index contributed by atoms with van der Waals surface area (Å²) < 4.78 is 5.71. The highest BCUT2D eigenvalue weighted by Crippen LogP contribution is 2.28. The lowest BCUT2D eigenvalue weighted by Crippen LogP contribution is -1.88. The summed E-state index contributed by atoms with van der Waals surface area (Å²) in [5.74, 6) is 1.47. The number of hydrogen-bond donors (Lipinski definition) is 2. The molecule has 0 radical (unpaired) electrons. The van der Waals surface area contributed by atoms with Crippen molar-refractivity contribution in [2.45, 2.75) is 18.4 Å². The Bertz CT molecular complexity index is 506. The summed E-state index contributed by atoms with van der Waals surface area (Å²) in [5.41, 5.74) is 2.02. The monoisotopic (exact) mass is 246 g/mol. The molecule has 0 saturated carbocycles. The van der Waals surface area contributed by atoms with Crippen LogP contribution in [0.1, 0.15) is 11.1 Å². The minimum atomic E-state index is 0.0443. The predicted octanol–water partition coefficient (Wildman–Crippen LogP) is 3.57. The summed E-state index contributed by atoms with van der Waals surface area (Å²) in [7, 11) is 0. The fraction of sp³-hybridized carbons (Fsp3) is 0.143. The van der Waals surface area contributed by atoms with Crippen LogP contribution in [0.3, 0.4) is 0 Å². The van der Waals surface area contributed by atoms with E-state index in [0.717, 1.165) is 27.5 Å². The molecule has 0 fully saturated rings. The number of benzene rings is 2. The molecule has 1 N–H and O–H groups in total. The third-order valence-electron chi connectivity index (χ3n) is 2.45. The molecule has 0 heterocycles. The van der Waals surface area contributed by atoms with Gasteiger partial charge in [0.2, 0.25) is 0 Å². The molecule has 0 aliphatic carbocycles. The maximum Gasteiger partial charge on any atom is 0.140 e. The van der Waals surface area contributed by atoms with E-state index in [2.05, 4.69) is 12.6 Å². The van der Waals surface area contributed by atoms with Crippen molar-refractivity contribution in [1.29, 1.82) is 0 Å². The number of aliphatic hydroxyl groups is 1. The molecule has 0 unspecified atom stereocenters. The average Bonchev–Trinajstić information content (AvgIpc) is 2.34. The highest BCUT2D eigenvalue weighted by atomic mass is 32.1.